The highest BCUT2D eigenvalue weighted by atomic mass is 35.5. The van der Waals surface area contributed by atoms with E-state index in [1.807, 2.05) is 6.07 Å². The summed E-state index contributed by atoms with van der Waals surface area (Å²) in [4.78, 5) is 34.8. The summed E-state index contributed by atoms with van der Waals surface area (Å²) in [5, 5.41) is 16.0. The first kappa shape index (κ1) is 26.2. The van der Waals surface area contributed by atoms with Gasteiger partial charge in [-0.25, -0.2) is 9.37 Å². The third-order valence-corrected chi connectivity index (χ3v) is 8.16. The minimum Gasteiger partial charge on any atom is -0.489 e. The normalized spacial score (nSPS) is 19.5. The van der Waals surface area contributed by atoms with E-state index >= 15 is 0 Å². The van der Waals surface area contributed by atoms with Crippen molar-refractivity contribution in [2.24, 2.45) is 11.7 Å². The second-order valence-corrected chi connectivity index (χ2v) is 11.0. The first-order chi connectivity index (χ1) is 19.1. The number of nitrogens with zero attached hydrogens (tertiary/aromatic N) is 2. The number of carbonyl (C=O) groups excluding carboxylic acids is 2. The number of amides is 2. The Hall–Kier alpha value is -4.08. The van der Waals surface area contributed by atoms with Gasteiger partial charge in [0.05, 0.1) is 22.8 Å². The van der Waals surface area contributed by atoms with Gasteiger partial charge in [-0.05, 0) is 74.2 Å². The van der Waals surface area contributed by atoms with Crippen LogP contribution in [0.5, 0.6) is 5.75 Å². The van der Waals surface area contributed by atoms with E-state index in [0.717, 1.165) is 12.8 Å². The first-order valence-electron chi connectivity index (χ1n) is 12.9. The van der Waals surface area contributed by atoms with Crippen LogP contribution in [0.1, 0.15) is 41.4 Å². The van der Waals surface area contributed by atoms with Crippen LogP contribution >= 0.6 is 11.6 Å². The predicted octanol–water partition coefficient (Wildman–Crippen LogP) is 4.25. The van der Waals surface area contributed by atoms with Crippen LogP contribution in [0.3, 0.4) is 0 Å². The van der Waals surface area contributed by atoms with Crippen LogP contribution in [-0.4, -0.2) is 40.0 Å². The lowest BCUT2D eigenvalue weighted by Gasteiger charge is -2.30. The van der Waals surface area contributed by atoms with Crippen LogP contribution in [0, 0.1) is 11.7 Å². The average molecular weight is 561 g/mol. The Morgan fingerprint density at radius 1 is 1.23 bits per heavy atom. The van der Waals surface area contributed by atoms with Gasteiger partial charge < -0.3 is 20.9 Å². The molecule has 3 heterocycles. The molecule has 1 aliphatic carbocycles. The molecule has 8 nitrogen and oxygen atoms in total. The molecule has 2 aromatic carbocycles. The van der Waals surface area contributed by atoms with Crippen LogP contribution in [-0.2, 0) is 15.8 Å². The zero-order chi connectivity index (χ0) is 28.2. The molecule has 1 fully saturated rings. The van der Waals surface area contributed by atoms with E-state index in [-0.39, 0.29) is 24.8 Å². The molecule has 2 atom stereocenters. The van der Waals surface area contributed by atoms with E-state index in [9.17, 15) is 19.1 Å². The van der Waals surface area contributed by atoms with Crippen molar-refractivity contribution in [3.8, 4) is 17.0 Å². The van der Waals surface area contributed by atoms with E-state index < -0.39 is 28.6 Å². The van der Waals surface area contributed by atoms with Gasteiger partial charge in [0, 0.05) is 28.3 Å². The number of hydrogen-bond donors (Lipinski definition) is 3. The molecule has 1 saturated carbocycles. The molecular weight excluding hydrogens is 535 g/mol. The lowest BCUT2D eigenvalue weighted by Crippen LogP contribution is -2.44. The Kier molecular flexibility index (Phi) is 6.23. The van der Waals surface area contributed by atoms with Crippen LogP contribution in [0.15, 0.2) is 60.8 Å². The standard InChI is InChI=1S/C30H26ClFN4O4/c1-29(28(33)38)15-40-26-21(29)13-23(36-25(26)16-4-8-20(32)9-5-16)30(39,19-6-7-19)14-35-27(37)18-11-17-3-2-10-34-24(17)22(31)12-18/h2-5,8-13,19,39H,6-7,14-15H2,1H3,(H2,33,38)(H,35,37)/t29-,30?/m0/s1. The number of benzene rings is 2. The van der Waals surface area contributed by atoms with Crippen molar-refractivity contribution in [2.45, 2.75) is 30.8 Å². The number of nitrogens with two attached hydrogens (primary N) is 1. The number of carbonyl (C=O) groups is 2. The zero-order valence-corrected chi connectivity index (χ0v) is 22.3. The molecule has 10 heteroatoms. The maximum Gasteiger partial charge on any atom is 0.251 e. The van der Waals surface area contributed by atoms with Gasteiger partial charge in [-0.15, -0.1) is 0 Å². The number of halogens is 2. The van der Waals surface area contributed by atoms with E-state index in [4.69, 9.17) is 27.1 Å². The second-order valence-electron chi connectivity index (χ2n) is 10.6. The molecule has 4 N–H and O–H groups in total. The average Bonchev–Trinajstić information content (AvgIpc) is 3.75. The second kappa shape index (κ2) is 9.53. The molecular formula is C30H26ClFN4O4. The minimum atomic E-state index is -1.55. The Bertz CT molecular complexity index is 1680. The summed E-state index contributed by atoms with van der Waals surface area (Å²) < 4.78 is 19.6. The van der Waals surface area contributed by atoms with Crippen LogP contribution in [0.4, 0.5) is 4.39 Å². The van der Waals surface area contributed by atoms with Gasteiger partial charge in [0.1, 0.15) is 34.9 Å². The molecule has 4 aromatic rings. The topological polar surface area (TPSA) is 127 Å². The monoisotopic (exact) mass is 560 g/mol. The van der Waals surface area contributed by atoms with Gasteiger partial charge in [-0.1, -0.05) is 17.7 Å². The minimum absolute atomic E-state index is 0.00711. The molecule has 6 rings (SSSR count). The molecule has 204 valence electrons. The summed E-state index contributed by atoms with van der Waals surface area (Å²) in [7, 11) is 0. The molecule has 1 unspecified atom stereocenters. The highest BCUT2D eigenvalue weighted by Gasteiger charge is 2.50. The van der Waals surface area contributed by atoms with E-state index in [1.165, 1.54) is 12.1 Å². The quantitative estimate of drug-likeness (QED) is 0.310. The largest absolute Gasteiger partial charge is 0.489 e. The zero-order valence-electron chi connectivity index (χ0n) is 21.6. The summed E-state index contributed by atoms with van der Waals surface area (Å²) in [6, 6.07) is 14.2. The van der Waals surface area contributed by atoms with Gasteiger partial charge in [-0.2, -0.15) is 0 Å². The Morgan fingerprint density at radius 3 is 2.67 bits per heavy atom. The number of aromatic nitrogens is 2. The van der Waals surface area contributed by atoms with Gasteiger partial charge in [-0.3, -0.25) is 14.6 Å². The van der Waals surface area contributed by atoms with Crippen molar-refractivity contribution in [3.05, 3.63) is 88.5 Å². The smallest absolute Gasteiger partial charge is 0.251 e. The lowest BCUT2D eigenvalue weighted by molar-refractivity contribution is -0.123. The summed E-state index contributed by atoms with van der Waals surface area (Å²) >= 11 is 6.37. The van der Waals surface area contributed by atoms with Gasteiger partial charge in [0.2, 0.25) is 5.91 Å². The molecule has 0 bridgehead atoms. The first-order valence-corrected chi connectivity index (χ1v) is 13.3. The molecule has 0 spiro atoms. The van der Waals surface area contributed by atoms with Crippen molar-refractivity contribution < 1.29 is 23.8 Å². The molecule has 2 aromatic heterocycles. The number of nitrogens with one attached hydrogen (secondary N) is 1. The maximum atomic E-state index is 13.7. The van der Waals surface area contributed by atoms with Crippen molar-refractivity contribution in [2.75, 3.05) is 13.2 Å². The molecule has 0 radical (unpaired) electrons. The van der Waals surface area contributed by atoms with E-state index in [2.05, 4.69) is 10.3 Å². The van der Waals surface area contributed by atoms with E-state index in [1.54, 1.807) is 49.5 Å². The number of rotatable bonds is 7. The number of ether oxygens (including phenoxy) is 1. The molecule has 2 amide bonds. The molecule has 2 aliphatic rings. The fourth-order valence-corrected chi connectivity index (χ4v) is 5.49. The summed E-state index contributed by atoms with van der Waals surface area (Å²) in [6.07, 6.45) is 3.09. The summed E-state index contributed by atoms with van der Waals surface area (Å²) in [6.45, 7) is 1.55. The molecule has 1 aliphatic heterocycles. The number of pyridine rings is 2. The van der Waals surface area contributed by atoms with Gasteiger partial charge in [0.15, 0.2) is 0 Å². The Labute approximate surface area is 234 Å². The van der Waals surface area contributed by atoms with Crippen molar-refractivity contribution >= 4 is 34.3 Å². The number of aliphatic hydroxyl groups is 1. The van der Waals surface area contributed by atoms with Gasteiger partial charge >= 0.3 is 0 Å². The summed E-state index contributed by atoms with van der Waals surface area (Å²) in [5.41, 5.74) is 5.65. The maximum absolute atomic E-state index is 13.7. The number of hydrogen-bond acceptors (Lipinski definition) is 6. The third kappa shape index (κ3) is 4.35. The van der Waals surface area contributed by atoms with Crippen LogP contribution in [0.25, 0.3) is 22.2 Å². The van der Waals surface area contributed by atoms with Crippen LogP contribution < -0.4 is 15.8 Å². The SMILES string of the molecule is C[C@]1(C(N)=O)COc2c1cc(C(O)(CNC(=O)c1cc(Cl)c3ncccc3c1)C1CC1)nc2-c1ccc(F)cc1. The fraction of sp³-hybridized carbons (Fsp3) is 0.267. The highest BCUT2D eigenvalue weighted by molar-refractivity contribution is 6.35. The van der Waals surface area contributed by atoms with Gasteiger partial charge in [0.25, 0.3) is 5.91 Å². The number of fused-ring (bicyclic) bond motifs is 2. The Balaban J connectivity index is 1.39. The Morgan fingerprint density at radius 2 is 1.98 bits per heavy atom. The lowest BCUT2D eigenvalue weighted by atomic mass is 9.81. The van der Waals surface area contributed by atoms with Crippen molar-refractivity contribution in [3.63, 3.8) is 0 Å². The third-order valence-electron chi connectivity index (χ3n) is 7.87. The summed E-state index contributed by atoms with van der Waals surface area (Å²) in [5.74, 6) is -1.23. The van der Waals surface area contributed by atoms with Crippen molar-refractivity contribution in [1.82, 2.24) is 15.3 Å². The number of primary amides is 1. The molecule has 40 heavy (non-hydrogen) atoms. The van der Waals surface area contributed by atoms with E-state index in [0.29, 0.717) is 44.1 Å². The van der Waals surface area contributed by atoms with Crippen LogP contribution in [0.2, 0.25) is 5.02 Å². The molecule has 0 saturated heterocycles. The predicted molar refractivity (Wildman–Crippen MR) is 147 cm³/mol. The van der Waals surface area contributed by atoms with Crippen molar-refractivity contribution in [1.29, 1.82) is 0 Å². The fourth-order valence-electron chi connectivity index (χ4n) is 5.21. The highest BCUT2D eigenvalue weighted by Crippen LogP contribution is 2.50.